The highest BCUT2D eigenvalue weighted by atomic mass is 32.1. The molecular formula is C12H17N5S. The van der Waals surface area contributed by atoms with E-state index >= 15 is 0 Å². The van der Waals surface area contributed by atoms with Gasteiger partial charge in [0.25, 0.3) is 0 Å². The van der Waals surface area contributed by atoms with Gasteiger partial charge in [-0.15, -0.1) is 0 Å². The first-order valence-corrected chi connectivity index (χ1v) is 7.07. The van der Waals surface area contributed by atoms with E-state index in [4.69, 9.17) is 5.73 Å². The van der Waals surface area contributed by atoms with E-state index < -0.39 is 0 Å². The molecule has 0 saturated heterocycles. The summed E-state index contributed by atoms with van der Waals surface area (Å²) in [5, 5.41) is 4.61. The second-order valence-corrected chi connectivity index (χ2v) is 5.74. The van der Waals surface area contributed by atoms with E-state index in [0.717, 1.165) is 34.6 Å². The van der Waals surface area contributed by atoms with Crippen LogP contribution < -0.4 is 11.1 Å². The standard InChI is InChI=1S/C12H17N5S/c1-8-9-10(14-7-15-11(9)18-17-8)16-12(6-13)4-2-3-5-12/h7H,2-6,13H2,1H3,(H,14,15,16). The number of hydrogen-bond donors (Lipinski definition) is 2. The first kappa shape index (κ1) is 11.8. The van der Waals surface area contributed by atoms with Crippen molar-refractivity contribution < 1.29 is 0 Å². The molecule has 18 heavy (non-hydrogen) atoms. The number of hydrogen-bond acceptors (Lipinski definition) is 6. The zero-order valence-electron chi connectivity index (χ0n) is 10.4. The first-order chi connectivity index (χ1) is 8.74. The second-order valence-electron chi connectivity index (χ2n) is 4.99. The molecule has 96 valence electrons. The first-order valence-electron chi connectivity index (χ1n) is 6.29. The zero-order valence-corrected chi connectivity index (χ0v) is 11.3. The van der Waals surface area contributed by atoms with Crippen LogP contribution in [0.15, 0.2) is 6.33 Å². The number of nitrogens with zero attached hydrogens (tertiary/aromatic N) is 3. The van der Waals surface area contributed by atoms with E-state index in [1.54, 1.807) is 6.33 Å². The van der Waals surface area contributed by atoms with Crippen molar-refractivity contribution in [3.63, 3.8) is 0 Å². The van der Waals surface area contributed by atoms with Gasteiger partial charge in [-0.2, -0.15) is 4.37 Å². The fourth-order valence-electron chi connectivity index (χ4n) is 2.70. The van der Waals surface area contributed by atoms with Crippen molar-refractivity contribution in [2.45, 2.75) is 38.1 Å². The van der Waals surface area contributed by atoms with Gasteiger partial charge in [0.2, 0.25) is 0 Å². The van der Waals surface area contributed by atoms with Crippen LogP contribution in [-0.4, -0.2) is 26.4 Å². The Labute approximate surface area is 110 Å². The summed E-state index contributed by atoms with van der Waals surface area (Å²) in [6.07, 6.45) is 6.30. The minimum Gasteiger partial charge on any atom is -0.363 e. The average molecular weight is 263 g/mol. The third-order valence-corrected chi connectivity index (χ3v) is 4.63. The van der Waals surface area contributed by atoms with Crippen molar-refractivity contribution in [2.75, 3.05) is 11.9 Å². The lowest BCUT2D eigenvalue weighted by molar-refractivity contribution is 0.492. The van der Waals surface area contributed by atoms with Crippen molar-refractivity contribution >= 4 is 27.6 Å². The van der Waals surface area contributed by atoms with E-state index in [1.807, 2.05) is 6.92 Å². The number of fused-ring (bicyclic) bond motifs is 1. The molecule has 1 saturated carbocycles. The van der Waals surface area contributed by atoms with Gasteiger partial charge in [-0.25, -0.2) is 9.97 Å². The molecule has 0 aliphatic heterocycles. The Bertz CT molecular complexity index is 559. The Morgan fingerprint density at radius 3 is 2.89 bits per heavy atom. The van der Waals surface area contributed by atoms with E-state index in [1.165, 1.54) is 24.4 Å². The maximum atomic E-state index is 5.96. The van der Waals surface area contributed by atoms with Crippen molar-refractivity contribution in [1.82, 2.24) is 14.3 Å². The summed E-state index contributed by atoms with van der Waals surface area (Å²) >= 11 is 1.42. The summed E-state index contributed by atoms with van der Waals surface area (Å²) in [6, 6.07) is 0. The predicted molar refractivity (Wildman–Crippen MR) is 73.8 cm³/mol. The molecular weight excluding hydrogens is 246 g/mol. The Morgan fingerprint density at radius 2 is 2.17 bits per heavy atom. The van der Waals surface area contributed by atoms with Crippen LogP contribution in [0.25, 0.3) is 10.2 Å². The lowest BCUT2D eigenvalue weighted by Gasteiger charge is -2.29. The second kappa shape index (κ2) is 4.44. The van der Waals surface area contributed by atoms with Crippen LogP contribution in [0.1, 0.15) is 31.4 Å². The Hall–Kier alpha value is -1.27. The monoisotopic (exact) mass is 263 g/mol. The summed E-state index contributed by atoms with van der Waals surface area (Å²) < 4.78 is 4.35. The summed E-state index contributed by atoms with van der Waals surface area (Å²) in [7, 11) is 0. The van der Waals surface area contributed by atoms with Gasteiger partial charge in [0.15, 0.2) is 0 Å². The van der Waals surface area contributed by atoms with Gasteiger partial charge in [0.1, 0.15) is 17.0 Å². The molecule has 1 fully saturated rings. The largest absolute Gasteiger partial charge is 0.363 e. The Balaban J connectivity index is 2.01. The van der Waals surface area contributed by atoms with Crippen LogP contribution in [0.2, 0.25) is 0 Å². The molecule has 1 aliphatic carbocycles. The van der Waals surface area contributed by atoms with Crippen LogP contribution in [0.5, 0.6) is 0 Å². The number of aryl methyl sites for hydroxylation is 1. The molecule has 0 spiro atoms. The van der Waals surface area contributed by atoms with Gasteiger partial charge in [-0.05, 0) is 31.3 Å². The highest BCUT2D eigenvalue weighted by Crippen LogP contribution is 2.34. The zero-order chi connectivity index (χ0) is 12.6. The number of anilines is 1. The maximum Gasteiger partial charge on any atom is 0.149 e. The molecule has 2 heterocycles. The van der Waals surface area contributed by atoms with Crippen LogP contribution in [0, 0.1) is 6.92 Å². The lowest BCUT2D eigenvalue weighted by atomic mass is 9.98. The molecule has 0 aromatic carbocycles. The third kappa shape index (κ3) is 1.85. The Kier molecular flexibility index (Phi) is 2.91. The molecule has 2 aromatic rings. The molecule has 0 unspecified atom stereocenters. The number of nitrogens with two attached hydrogens (primary N) is 1. The van der Waals surface area contributed by atoms with E-state index in [9.17, 15) is 0 Å². The topological polar surface area (TPSA) is 76.7 Å². The maximum absolute atomic E-state index is 5.96. The predicted octanol–water partition coefficient (Wildman–Crippen LogP) is 2.08. The van der Waals surface area contributed by atoms with Gasteiger partial charge in [-0.1, -0.05) is 12.8 Å². The molecule has 3 rings (SSSR count). The molecule has 1 aliphatic rings. The molecule has 0 bridgehead atoms. The number of aromatic nitrogens is 3. The number of nitrogens with one attached hydrogen (secondary N) is 1. The number of rotatable bonds is 3. The van der Waals surface area contributed by atoms with Gasteiger partial charge in [-0.3, -0.25) is 0 Å². The quantitative estimate of drug-likeness (QED) is 0.886. The van der Waals surface area contributed by atoms with Gasteiger partial charge in [0.05, 0.1) is 16.6 Å². The fraction of sp³-hybridized carbons (Fsp3) is 0.583. The molecule has 3 N–H and O–H groups in total. The van der Waals surface area contributed by atoms with Crippen molar-refractivity contribution in [2.24, 2.45) is 5.73 Å². The van der Waals surface area contributed by atoms with E-state index in [2.05, 4.69) is 19.7 Å². The Morgan fingerprint density at radius 1 is 1.39 bits per heavy atom. The fourth-order valence-corrected chi connectivity index (χ4v) is 3.44. The summed E-state index contributed by atoms with van der Waals surface area (Å²) in [5.41, 5.74) is 6.95. The van der Waals surface area contributed by atoms with Gasteiger partial charge in [0, 0.05) is 6.54 Å². The van der Waals surface area contributed by atoms with Gasteiger partial charge >= 0.3 is 0 Å². The molecule has 0 atom stereocenters. The highest BCUT2D eigenvalue weighted by Gasteiger charge is 2.33. The average Bonchev–Trinajstić information content (AvgIpc) is 2.99. The molecule has 0 radical (unpaired) electrons. The molecule has 0 amide bonds. The van der Waals surface area contributed by atoms with Crippen LogP contribution in [0.3, 0.4) is 0 Å². The van der Waals surface area contributed by atoms with Crippen LogP contribution in [0.4, 0.5) is 5.82 Å². The van der Waals surface area contributed by atoms with Crippen molar-refractivity contribution in [1.29, 1.82) is 0 Å². The summed E-state index contributed by atoms with van der Waals surface area (Å²) in [6.45, 7) is 2.65. The highest BCUT2D eigenvalue weighted by molar-refractivity contribution is 7.13. The molecule has 5 nitrogen and oxygen atoms in total. The smallest absolute Gasteiger partial charge is 0.149 e. The molecule has 6 heteroatoms. The third-order valence-electron chi connectivity index (χ3n) is 3.78. The molecule has 2 aromatic heterocycles. The van der Waals surface area contributed by atoms with E-state index in [0.29, 0.717) is 6.54 Å². The lowest BCUT2D eigenvalue weighted by Crippen LogP contribution is -2.43. The minimum atomic E-state index is 0.00958. The van der Waals surface area contributed by atoms with Gasteiger partial charge < -0.3 is 11.1 Å². The van der Waals surface area contributed by atoms with Crippen molar-refractivity contribution in [3.05, 3.63) is 12.0 Å². The minimum absolute atomic E-state index is 0.00958. The normalized spacial score (nSPS) is 18.3. The van der Waals surface area contributed by atoms with Crippen LogP contribution >= 0.6 is 11.5 Å². The van der Waals surface area contributed by atoms with Crippen LogP contribution in [-0.2, 0) is 0 Å². The summed E-state index contributed by atoms with van der Waals surface area (Å²) in [4.78, 5) is 9.58. The SMILES string of the molecule is Cc1nsc2ncnc(NC3(CN)CCCC3)c12. The van der Waals surface area contributed by atoms with Crippen molar-refractivity contribution in [3.8, 4) is 0 Å². The summed E-state index contributed by atoms with van der Waals surface area (Å²) in [5.74, 6) is 0.888. The van der Waals surface area contributed by atoms with E-state index in [-0.39, 0.29) is 5.54 Å².